The van der Waals surface area contributed by atoms with Crippen molar-refractivity contribution in [2.24, 2.45) is 5.73 Å². The van der Waals surface area contributed by atoms with Crippen LogP contribution in [0.2, 0.25) is 5.02 Å². The van der Waals surface area contributed by atoms with Crippen molar-refractivity contribution in [3.63, 3.8) is 0 Å². The molecule has 4 nitrogen and oxygen atoms in total. The van der Waals surface area contributed by atoms with Crippen LogP contribution < -0.4 is 5.73 Å². The number of rotatable bonds is 6. The van der Waals surface area contributed by atoms with Crippen molar-refractivity contribution >= 4 is 21.4 Å². The molecule has 0 bridgehead atoms. The molecular formula is C19H22ClNO3S. The van der Waals surface area contributed by atoms with E-state index in [0.717, 1.165) is 11.1 Å². The largest absolute Gasteiger partial charge is 0.380 e. The molecule has 0 aliphatic heterocycles. The van der Waals surface area contributed by atoms with E-state index in [1.165, 1.54) is 0 Å². The van der Waals surface area contributed by atoms with Crippen LogP contribution in [0.4, 0.5) is 0 Å². The summed E-state index contributed by atoms with van der Waals surface area (Å²) in [5.41, 5.74) is 7.45. The summed E-state index contributed by atoms with van der Waals surface area (Å²) in [4.78, 5) is 0.297. The summed E-state index contributed by atoms with van der Waals surface area (Å²) in [6.45, 7) is 4.48. The van der Waals surface area contributed by atoms with Crippen molar-refractivity contribution in [1.29, 1.82) is 0 Å². The third kappa shape index (κ3) is 3.34. The maximum atomic E-state index is 13.2. The molecule has 2 aromatic rings. The van der Waals surface area contributed by atoms with Gasteiger partial charge < -0.3 is 10.5 Å². The molecule has 1 aliphatic carbocycles. The van der Waals surface area contributed by atoms with Gasteiger partial charge in [0.05, 0.1) is 22.3 Å². The van der Waals surface area contributed by atoms with Gasteiger partial charge in [-0.25, -0.2) is 8.42 Å². The fourth-order valence-electron chi connectivity index (χ4n) is 3.37. The van der Waals surface area contributed by atoms with E-state index < -0.39 is 20.6 Å². The van der Waals surface area contributed by atoms with Crippen LogP contribution >= 0.6 is 11.6 Å². The van der Waals surface area contributed by atoms with Gasteiger partial charge in [-0.3, -0.25) is 0 Å². The number of hydrogen-bond acceptors (Lipinski definition) is 4. The van der Waals surface area contributed by atoms with Crippen LogP contribution in [-0.2, 0) is 14.6 Å². The first kappa shape index (κ1) is 18.4. The summed E-state index contributed by atoms with van der Waals surface area (Å²) >= 11 is 5.95. The second kappa shape index (κ2) is 6.72. The summed E-state index contributed by atoms with van der Waals surface area (Å²) in [5, 5.41) is -0.106. The first-order valence-electron chi connectivity index (χ1n) is 8.23. The molecule has 0 saturated heterocycles. The number of aryl methyl sites for hydroxylation is 1. The first-order chi connectivity index (χ1) is 11.8. The van der Waals surface area contributed by atoms with Gasteiger partial charge in [-0.2, -0.15) is 0 Å². The molecule has 3 atom stereocenters. The monoisotopic (exact) mass is 379 g/mol. The Morgan fingerprint density at radius 3 is 2.28 bits per heavy atom. The quantitative estimate of drug-likeness (QED) is 0.835. The number of sulfone groups is 1. The summed E-state index contributed by atoms with van der Waals surface area (Å²) < 4.78 is 31.8. The smallest absolute Gasteiger partial charge is 0.183 e. The Labute approximate surface area is 153 Å². The van der Waals surface area contributed by atoms with Crippen LogP contribution in [-0.4, -0.2) is 32.4 Å². The zero-order valence-corrected chi connectivity index (χ0v) is 15.8. The maximum absolute atomic E-state index is 13.2. The highest BCUT2D eigenvalue weighted by Crippen LogP contribution is 2.55. The van der Waals surface area contributed by atoms with Crippen LogP contribution in [0.1, 0.15) is 24.0 Å². The fraction of sp³-hybridized carbons (Fsp3) is 0.368. The van der Waals surface area contributed by atoms with Crippen molar-refractivity contribution in [3.05, 3.63) is 64.7 Å². The highest BCUT2D eigenvalue weighted by Gasteiger charge is 2.69. The van der Waals surface area contributed by atoms with E-state index in [9.17, 15) is 8.42 Å². The molecule has 3 rings (SSSR count). The SMILES string of the molecule is CCOC[C@@]1(N)[C@H](c2ccc(Cl)cc2)[C@@H]1S(=O)(=O)c1ccc(C)cc1. The van der Waals surface area contributed by atoms with Crippen LogP contribution in [0.3, 0.4) is 0 Å². The molecule has 2 N–H and O–H groups in total. The minimum atomic E-state index is -3.57. The lowest BCUT2D eigenvalue weighted by Gasteiger charge is -2.12. The summed E-state index contributed by atoms with van der Waals surface area (Å²) in [6.07, 6.45) is 0. The molecule has 0 spiro atoms. The number of benzene rings is 2. The molecular weight excluding hydrogens is 358 g/mol. The van der Waals surface area contributed by atoms with Gasteiger partial charge in [0.25, 0.3) is 0 Å². The second-order valence-corrected chi connectivity index (χ2v) is 9.06. The predicted molar refractivity (Wildman–Crippen MR) is 99.8 cm³/mol. The molecule has 1 aliphatic rings. The van der Waals surface area contributed by atoms with Crippen molar-refractivity contribution in [2.75, 3.05) is 13.2 Å². The van der Waals surface area contributed by atoms with Gasteiger partial charge in [-0.1, -0.05) is 41.4 Å². The maximum Gasteiger partial charge on any atom is 0.183 e. The van der Waals surface area contributed by atoms with Crippen molar-refractivity contribution < 1.29 is 13.2 Å². The molecule has 25 heavy (non-hydrogen) atoms. The van der Waals surface area contributed by atoms with Gasteiger partial charge in [0.2, 0.25) is 0 Å². The number of nitrogens with two attached hydrogens (primary N) is 1. The lowest BCUT2D eigenvalue weighted by atomic mass is 10.1. The van der Waals surface area contributed by atoms with Crippen LogP contribution in [0.5, 0.6) is 0 Å². The molecule has 0 heterocycles. The fourth-order valence-corrected chi connectivity index (χ4v) is 5.79. The normalized spacial score (nSPS) is 25.8. The van der Waals surface area contributed by atoms with E-state index in [1.807, 2.05) is 26.0 Å². The molecule has 0 amide bonds. The average molecular weight is 380 g/mol. The summed E-state index contributed by atoms with van der Waals surface area (Å²) in [5.74, 6) is -0.317. The average Bonchev–Trinajstić information content (AvgIpc) is 3.21. The van der Waals surface area contributed by atoms with Gasteiger partial charge in [0.1, 0.15) is 0 Å². The Kier molecular flexibility index (Phi) is 4.95. The van der Waals surface area contributed by atoms with Crippen LogP contribution in [0, 0.1) is 6.92 Å². The van der Waals surface area contributed by atoms with Gasteiger partial charge in [0.15, 0.2) is 9.84 Å². The second-order valence-electron chi connectivity index (χ2n) is 6.56. The lowest BCUT2D eigenvalue weighted by molar-refractivity contribution is 0.125. The van der Waals surface area contributed by atoms with E-state index in [2.05, 4.69) is 0 Å². The minimum Gasteiger partial charge on any atom is -0.380 e. The van der Waals surface area contributed by atoms with E-state index in [0.29, 0.717) is 16.5 Å². The number of hydrogen-bond donors (Lipinski definition) is 1. The van der Waals surface area contributed by atoms with Gasteiger partial charge in [-0.15, -0.1) is 0 Å². The third-order valence-corrected chi connectivity index (χ3v) is 7.33. The summed E-state index contributed by atoms with van der Waals surface area (Å²) in [6, 6.07) is 14.1. The summed E-state index contributed by atoms with van der Waals surface area (Å²) in [7, 11) is -3.57. The molecule has 0 unspecified atom stereocenters. The van der Waals surface area contributed by atoms with Crippen LogP contribution in [0.15, 0.2) is 53.4 Å². The molecule has 2 aromatic carbocycles. The Morgan fingerprint density at radius 2 is 1.72 bits per heavy atom. The third-order valence-electron chi connectivity index (χ3n) is 4.77. The lowest BCUT2D eigenvalue weighted by Crippen LogP contribution is -2.36. The van der Waals surface area contributed by atoms with Gasteiger partial charge >= 0.3 is 0 Å². The molecule has 0 aromatic heterocycles. The van der Waals surface area contributed by atoms with E-state index in [-0.39, 0.29) is 12.5 Å². The Hall–Kier alpha value is -1.40. The number of ether oxygens (including phenoxy) is 1. The molecule has 1 fully saturated rings. The highest BCUT2D eigenvalue weighted by atomic mass is 35.5. The molecule has 0 radical (unpaired) electrons. The number of halogens is 1. The van der Waals surface area contributed by atoms with Crippen LogP contribution in [0.25, 0.3) is 0 Å². The van der Waals surface area contributed by atoms with Crippen molar-refractivity contribution in [3.8, 4) is 0 Å². The predicted octanol–water partition coefficient (Wildman–Crippen LogP) is 3.32. The topological polar surface area (TPSA) is 69.4 Å². The van der Waals surface area contributed by atoms with E-state index in [4.69, 9.17) is 22.1 Å². The first-order valence-corrected chi connectivity index (χ1v) is 10.2. The standard InChI is InChI=1S/C19H22ClNO3S/c1-3-24-12-19(21)17(14-6-8-15(20)9-7-14)18(19)25(22,23)16-10-4-13(2)5-11-16/h4-11,17-18H,3,12,21H2,1-2H3/t17-,18+,19-/m1/s1. The van der Waals surface area contributed by atoms with Crippen molar-refractivity contribution in [1.82, 2.24) is 0 Å². The molecule has 1 saturated carbocycles. The molecule has 6 heteroatoms. The van der Waals surface area contributed by atoms with E-state index in [1.54, 1.807) is 36.4 Å². The van der Waals surface area contributed by atoms with Gasteiger partial charge in [-0.05, 0) is 43.7 Å². The zero-order valence-electron chi connectivity index (χ0n) is 14.3. The van der Waals surface area contributed by atoms with Crippen molar-refractivity contribution in [2.45, 2.75) is 35.4 Å². The molecule has 134 valence electrons. The highest BCUT2D eigenvalue weighted by molar-refractivity contribution is 7.92. The Morgan fingerprint density at radius 1 is 1.12 bits per heavy atom. The Bertz CT molecular complexity index is 849. The van der Waals surface area contributed by atoms with E-state index >= 15 is 0 Å². The minimum absolute atomic E-state index is 0.201. The van der Waals surface area contributed by atoms with Gasteiger partial charge in [0, 0.05) is 17.5 Å². The zero-order chi connectivity index (χ0) is 18.2. The Balaban J connectivity index is 1.99.